The number of nitrogens with one attached hydrogen (secondary N) is 1. The molecule has 0 bridgehead atoms. The van der Waals surface area contributed by atoms with Crippen LogP contribution in [0.4, 0.5) is 9.18 Å². The lowest BCUT2D eigenvalue weighted by molar-refractivity contribution is -0.128. The average molecular weight is 367 g/mol. The van der Waals surface area contributed by atoms with Crippen molar-refractivity contribution in [1.82, 2.24) is 14.9 Å². The lowest BCUT2D eigenvalue weighted by atomic mass is 10.2. The number of H-pyrrole nitrogens is 1. The number of amides is 1. The lowest BCUT2D eigenvalue weighted by Gasteiger charge is -2.24. The Balaban J connectivity index is 0.000000597. The second kappa shape index (κ2) is 9.17. The van der Waals surface area contributed by atoms with E-state index in [9.17, 15) is 14.0 Å². The molecule has 144 valence electrons. The summed E-state index contributed by atoms with van der Waals surface area (Å²) in [6.45, 7) is 10.0. The number of halogens is 1. The van der Waals surface area contributed by atoms with Crippen LogP contribution in [-0.2, 0) is 20.8 Å². The predicted octanol–water partition coefficient (Wildman–Crippen LogP) is 3.56. The number of rotatable bonds is 4. The summed E-state index contributed by atoms with van der Waals surface area (Å²) < 4.78 is 22.9. The van der Waals surface area contributed by atoms with Crippen LogP contribution in [0.2, 0.25) is 0 Å². The molecule has 8 heteroatoms. The quantitative estimate of drug-likeness (QED) is 0.835. The molecular formula is C18H26FN3O4. The Hall–Kier alpha value is -2.64. The van der Waals surface area contributed by atoms with Crippen molar-refractivity contribution >= 4 is 23.6 Å². The lowest BCUT2D eigenvalue weighted by Crippen LogP contribution is -2.34. The molecule has 0 fully saturated rings. The van der Waals surface area contributed by atoms with Crippen molar-refractivity contribution < 1.29 is 23.5 Å². The molecule has 0 spiro atoms. The first-order valence-corrected chi connectivity index (χ1v) is 8.22. The van der Waals surface area contributed by atoms with Crippen molar-refractivity contribution in [3.63, 3.8) is 0 Å². The minimum atomic E-state index is -0.543. The van der Waals surface area contributed by atoms with E-state index in [1.165, 1.54) is 11.0 Å². The first-order valence-electron chi connectivity index (χ1n) is 8.22. The van der Waals surface area contributed by atoms with E-state index in [4.69, 9.17) is 4.74 Å². The first kappa shape index (κ1) is 21.4. The zero-order valence-electron chi connectivity index (χ0n) is 16.1. The van der Waals surface area contributed by atoms with Gasteiger partial charge in [0.25, 0.3) is 6.47 Å². The highest BCUT2D eigenvalue weighted by Gasteiger charge is 2.20. The summed E-state index contributed by atoms with van der Waals surface area (Å²) in [5.41, 5.74) is 1.29. The molecule has 0 saturated carbocycles. The summed E-state index contributed by atoms with van der Waals surface area (Å²) >= 11 is 0. The molecule has 0 atom stereocenters. The number of benzene rings is 1. The zero-order chi connectivity index (χ0) is 19.9. The molecule has 0 aliphatic rings. The number of hydrogen-bond donors (Lipinski definition) is 1. The number of carbonyl (C=O) groups excluding carboxylic acids is 2. The molecule has 2 aromatic rings. The SMILES string of the molecule is CCOC=O.Cc1c(F)ccc2[nH]c(CN(C)C(=O)OC(C)(C)C)nc12. The molecule has 26 heavy (non-hydrogen) atoms. The van der Waals surface area contributed by atoms with Gasteiger partial charge in [0.1, 0.15) is 17.2 Å². The molecule has 0 aliphatic heterocycles. The third-order valence-corrected chi connectivity index (χ3v) is 3.22. The first-order chi connectivity index (χ1) is 12.1. The number of fused-ring (bicyclic) bond motifs is 1. The Labute approximate surface area is 152 Å². The summed E-state index contributed by atoms with van der Waals surface area (Å²) in [6.07, 6.45) is -0.425. The summed E-state index contributed by atoms with van der Waals surface area (Å²) in [4.78, 5) is 29.9. The van der Waals surface area contributed by atoms with Crippen LogP contribution in [0.5, 0.6) is 0 Å². The maximum Gasteiger partial charge on any atom is 0.410 e. The van der Waals surface area contributed by atoms with E-state index in [1.807, 2.05) is 20.8 Å². The molecule has 1 N–H and O–H groups in total. The molecule has 0 radical (unpaired) electrons. The number of nitrogens with zero attached hydrogens (tertiary/aromatic N) is 2. The molecule has 1 amide bonds. The van der Waals surface area contributed by atoms with E-state index in [-0.39, 0.29) is 12.4 Å². The number of ether oxygens (including phenoxy) is 2. The topological polar surface area (TPSA) is 84.5 Å². The maximum atomic E-state index is 13.5. The van der Waals surface area contributed by atoms with E-state index < -0.39 is 11.7 Å². The minimum Gasteiger partial charge on any atom is -0.468 e. The monoisotopic (exact) mass is 367 g/mol. The Bertz CT molecular complexity index is 753. The minimum absolute atomic E-state index is 0.269. The second-order valence-electron chi connectivity index (χ2n) is 6.64. The molecule has 2 rings (SSSR count). The highest BCUT2D eigenvalue weighted by atomic mass is 19.1. The number of imidazole rings is 1. The van der Waals surface area contributed by atoms with Crippen molar-refractivity contribution in [3.8, 4) is 0 Å². The molecule has 1 aromatic carbocycles. The van der Waals surface area contributed by atoms with Crippen LogP contribution in [0.15, 0.2) is 12.1 Å². The third kappa shape index (κ3) is 6.34. The van der Waals surface area contributed by atoms with E-state index in [0.29, 0.717) is 30.0 Å². The third-order valence-electron chi connectivity index (χ3n) is 3.22. The number of aryl methyl sites for hydroxylation is 1. The highest BCUT2D eigenvalue weighted by Crippen LogP contribution is 2.19. The van der Waals surface area contributed by atoms with Gasteiger partial charge in [0.2, 0.25) is 0 Å². The summed E-state index contributed by atoms with van der Waals surface area (Å²) in [6, 6.07) is 3.04. The van der Waals surface area contributed by atoms with Gasteiger partial charge < -0.3 is 19.4 Å². The predicted molar refractivity (Wildman–Crippen MR) is 96.2 cm³/mol. The Morgan fingerprint density at radius 1 is 1.38 bits per heavy atom. The summed E-state index contributed by atoms with van der Waals surface area (Å²) in [5, 5.41) is 0. The van der Waals surface area contributed by atoms with Gasteiger partial charge in [-0.25, -0.2) is 14.2 Å². The van der Waals surface area contributed by atoms with E-state index in [0.717, 1.165) is 5.52 Å². The van der Waals surface area contributed by atoms with Gasteiger partial charge in [-0.15, -0.1) is 0 Å². The van der Waals surface area contributed by atoms with Crippen molar-refractivity contribution in [1.29, 1.82) is 0 Å². The van der Waals surface area contributed by atoms with Crippen LogP contribution >= 0.6 is 0 Å². The van der Waals surface area contributed by atoms with Crippen LogP contribution in [0, 0.1) is 12.7 Å². The van der Waals surface area contributed by atoms with Crippen LogP contribution in [-0.4, -0.2) is 46.7 Å². The van der Waals surface area contributed by atoms with Gasteiger partial charge in [-0.2, -0.15) is 0 Å². The van der Waals surface area contributed by atoms with E-state index >= 15 is 0 Å². The number of carbonyl (C=O) groups is 2. The fourth-order valence-electron chi connectivity index (χ4n) is 2.01. The van der Waals surface area contributed by atoms with Gasteiger partial charge in [0.05, 0.1) is 24.2 Å². The van der Waals surface area contributed by atoms with Crippen LogP contribution in [0.3, 0.4) is 0 Å². The van der Waals surface area contributed by atoms with Gasteiger partial charge in [-0.3, -0.25) is 4.79 Å². The standard InChI is InChI=1S/C15H20FN3O2.C3H6O2/c1-9-10(16)6-7-11-13(9)18-12(17-11)8-19(5)14(20)21-15(2,3)4;1-2-5-3-4/h6-7H,8H2,1-5H3,(H,17,18);3H,2H2,1H3. The zero-order valence-corrected chi connectivity index (χ0v) is 16.1. The molecule has 1 aromatic heterocycles. The van der Waals surface area contributed by atoms with Crippen molar-refractivity contribution in [2.75, 3.05) is 13.7 Å². The molecular weight excluding hydrogens is 341 g/mol. The van der Waals surface area contributed by atoms with E-state index in [2.05, 4.69) is 14.7 Å². The molecule has 1 heterocycles. The van der Waals surface area contributed by atoms with Gasteiger partial charge >= 0.3 is 6.09 Å². The highest BCUT2D eigenvalue weighted by molar-refractivity contribution is 5.78. The maximum absolute atomic E-state index is 13.5. The smallest absolute Gasteiger partial charge is 0.410 e. The fraction of sp³-hybridized carbons (Fsp3) is 0.500. The van der Waals surface area contributed by atoms with Gasteiger partial charge in [0.15, 0.2) is 0 Å². The number of aromatic nitrogens is 2. The van der Waals surface area contributed by atoms with Crippen molar-refractivity contribution in [2.45, 2.75) is 46.8 Å². The van der Waals surface area contributed by atoms with Crippen LogP contribution in [0.1, 0.15) is 39.1 Å². The average Bonchev–Trinajstić information content (AvgIpc) is 2.94. The fourth-order valence-corrected chi connectivity index (χ4v) is 2.01. The number of aromatic amines is 1. The Morgan fingerprint density at radius 2 is 2.04 bits per heavy atom. The van der Waals surface area contributed by atoms with Gasteiger partial charge in [-0.1, -0.05) is 0 Å². The van der Waals surface area contributed by atoms with Gasteiger partial charge in [0, 0.05) is 12.6 Å². The molecule has 7 nitrogen and oxygen atoms in total. The summed E-state index contributed by atoms with van der Waals surface area (Å²) in [7, 11) is 1.63. The Morgan fingerprint density at radius 3 is 2.54 bits per heavy atom. The van der Waals surface area contributed by atoms with Gasteiger partial charge in [-0.05, 0) is 46.8 Å². The second-order valence-corrected chi connectivity index (χ2v) is 6.64. The number of hydrogen-bond acceptors (Lipinski definition) is 5. The van der Waals surface area contributed by atoms with Crippen LogP contribution in [0.25, 0.3) is 11.0 Å². The molecule has 0 saturated heterocycles. The molecule has 0 aliphatic carbocycles. The molecule has 0 unspecified atom stereocenters. The Kier molecular flexibility index (Phi) is 7.55. The van der Waals surface area contributed by atoms with Crippen molar-refractivity contribution in [2.24, 2.45) is 0 Å². The largest absolute Gasteiger partial charge is 0.468 e. The summed E-state index contributed by atoms with van der Waals surface area (Å²) in [5.74, 6) is 0.299. The van der Waals surface area contributed by atoms with Crippen LogP contribution < -0.4 is 0 Å². The van der Waals surface area contributed by atoms with E-state index in [1.54, 1.807) is 27.0 Å². The normalized spacial score (nSPS) is 10.7. The van der Waals surface area contributed by atoms with Crippen molar-refractivity contribution in [3.05, 3.63) is 29.3 Å².